The van der Waals surface area contributed by atoms with Crippen LogP contribution in [0, 0.1) is 0 Å². The maximum absolute atomic E-state index is 12.5. The maximum atomic E-state index is 12.5. The Balaban J connectivity index is 2.78. The van der Waals surface area contributed by atoms with Crippen LogP contribution in [0.2, 0.25) is 0 Å². The smallest absolute Gasteiger partial charge is 0.330 e. The molecule has 0 atom stereocenters. The predicted molar refractivity (Wildman–Crippen MR) is 53.4 cm³/mol. The quantitative estimate of drug-likeness (QED) is 0.771. The highest BCUT2D eigenvalue weighted by atomic mass is 19.4. The van der Waals surface area contributed by atoms with E-state index in [4.69, 9.17) is 5.73 Å². The lowest BCUT2D eigenvalue weighted by atomic mass is 10.0. The topological polar surface area (TPSA) is 26.0 Å². The van der Waals surface area contributed by atoms with Crippen molar-refractivity contribution >= 4 is 0 Å². The Hall–Kier alpha value is -1.03. The molecule has 84 valence electrons. The number of aryl methyl sites for hydroxylation is 1. The molecule has 0 bridgehead atoms. The highest BCUT2D eigenvalue weighted by Gasteiger charge is 2.32. The normalized spacial score (nSPS) is 11.7. The van der Waals surface area contributed by atoms with Gasteiger partial charge in [0, 0.05) is 0 Å². The molecule has 0 saturated heterocycles. The number of rotatable bonds is 4. The first kappa shape index (κ1) is 12.0. The summed E-state index contributed by atoms with van der Waals surface area (Å²) in [6.45, 7) is 0.522. The standard InChI is InChI=1S/C11H14F3N/c12-11(13,14)10-7-2-1-5-9(10)6-3-4-8-15/h1-2,5,7H,3-4,6,8,15H2. The van der Waals surface area contributed by atoms with Crippen molar-refractivity contribution in [3.05, 3.63) is 35.4 Å². The van der Waals surface area contributed by atoms with Crippen molar-refractivity contribution in [1.82, 2.24) is 0 Å². The zero-order chi connectivity index (χ0) is 11.3. The van der Waals surface area contributed by atoms with Crippen LogP contribution in [-0.2, 0) is 12.6 Å². The Morgan fingerprint density at radius 3 is 2.33 bits per heavy atom. The van der Waals surface area contributed by atoms with Crippen LogP contribution in [0.1, 0.15) is 24.0 Å². The molecule has 0 saturated carbocycles. The molecular weight excluding hydrogens is 203 g/mol. The lowest BCUT2D eigenvalue weighted by molar-refractivity contribution is -0.138. The summed E-state index contributed by atoms with van der Waals surface area (Å²) in [7, 11) is 0. The van der Waals surface area contributed by atoms with E-state index in [0.717, 1.165) is 12.5 Å². The van der Waals surface area contributed by atoms with Gasteiger partial charge in [-0.1, -0.05) is 18.2 Å². The number of unbranched alkanes of at least 4 members (excludes halogenated alkanes) is 1. The van der Waals surface area contributed by atoms with Crippen LogP contribution in [0.4, 0.5) is 13.2 Å². The van der Waals surface area contributed by atoms with Crippen molar-refractivity contribution in [2.24, 2.45) is 5.73 Å². The van der Waals surface area contributed by atoms with E-state index in [2.05, 4.69) is 0 Å². The third-order valence-corrected chi connectivity index (χ3v) is 2.22. The lowest BCUT2D eigenvalue weighted by Crippen LogP contribution is -2.09. The molecule has 1 rings (SSSR count). The average Bonchev–Trinajstić information content (AvgIpc) is 2.17. The Bertz CT molecular complexity index is 307. The van der Waals surface area contributed by atoms with Crippen molar-refractivity contribution < 1.29 is 13.2 Å². The van der Waals surface area contributed by atoms with Gasteiger partial charge in [0.05, 0.1) is 5.56 Å². The Morgan fingerprint density at radius 2 is 1.73 bits per heavy atom. The zero-order valence-corrected chi connectivity index (χ0v) is 8.35. The number of nitrogens with two attached hydrogens (primary N) is 1. The Morgan fingerprint density at radius 1 is 1.07 bits per heavy atom. The van der Waals surface area contributed by atoms with Gasteiger partial charge in [-0.15, -0.1) is 0 Å². The summed E-state index contributed by atoms with van der Waals surface area (Å²) in [6.07, 6.45) is -2.36. The summed E-state index contributed by atoms with van der Waals surface area (Å²) < 4.78 is 37.6. The number of hydrogen-bond acceptors (Lipinski definition) is 1. The van der Waals surface area contributed by atoms with E-state index >= 15 is 0 Å². The maximum Gasteiger partial charge on any atom is 0.416 e. The minimum absolute atomic E-state index is 0.360. The molecule has 0 fully saturated rings. The van der Waals surface area contributed by atoms with Gasteiger partial charge in [0.1, 0.15) is 0 Å². The van der Waals surface area contributed by atoms with Crippen molar-refractivity contribution in [3.63, 3.8) is 0 Å². The van der Waals surface area contributed by atoms with Crippen LogP contribution in [0.25, 0.3) is 0 Å². The molecule has 0 aliphatic rings. The van der Waals surface area contributed by atoms with E-state index < -0.39 is 11.7 Å². The van der Waals surface area contributed by atoms with Gasteiger partial charge < -0.3 is 5.73 Å². The van der Waals surface area contributed by atoms with E-state index in [9.17, 15) is 13.2 Å². The number of benzene rings is 1. The van der Waals surface area contributed by atoms with E-state index in [1.54, 1.807) is 6.07 Å². The molecule has 0 aliphatic heterocycles. The van der Waals surface area contributed by atoms with E-state index in [0.29, 0.717) is 24.9 Å². The minimum Gasteiger partial charge on any atom is -0.330 e. The second-order valence-corrected chi connectivity index (χ2v) is 3.40. The van der Waals surface area contributed by atoms with Gasteiger partial charge in [0.25, 0.3) is 0 Å². The van der Waals surface area contributed by atoms with Gasteiger partial charge in [-0.25, -0.2) is 0 Å². The second-order valence-electron chi connectivity index (χ2n) is 3.40. The molecular formula is C11H14F3N. The highest BCUT2D eigenvalue weighted by molar-refractivity contribution is 5.29. The average molecular weight is 217 g/mol. The Kier molecular flexibility index (Phi) is 4.15. The third-order valence-electron chi connectivity index (χ3n) is 2.22. The van der Waals surface area contributed by atoms with Gasteiger partial charge >= 0.3 is 6.18 Å². The van der Waals surface area contributed by atoms with E-state index in [1.165, 1.54) is 12.1 Å². The van der Waals surface area contributed by atoms with E-state index in [-0.39, 0.29) is 0 Å². The van der Waals surface area contributed by atoms with Crippen LogP contribution in [0.5, 0.6) is 0 Å². The van der Waals surface area contributed by atoms with Crippen LogP contribution >= 0.6 is 0 Å². The molecule has 0 heterocycles. The number of alkyl halides is 3. The van der Waals surface area contributed by atoms with Crippen molar-refractivity contribution in [2.45, 2.75) is 25.4 Å². The first-order valence-electron chi connectivity index (χ1n) is 4.91. The van der Waals surface area contributed by atoms with E-state index in [1.807, 2.05) is 0 Å². The summed E-state index contributed by atoms with van der Waals surface area (Å²) in [5, 5.41) is 0. The first-order valence-corrected chi connectivity index (χ1v) is 4.91. The van der Waals surface area contributed by atoms with Crippen LogP contribution < -0.4 is 5.73 Å². The number of halogens is 3. The molecule has 0 aliphatic carbocycles. The molecule has 15 heavy (non-hydrogen) atoms. The third kappa shape index (κ3) is 3.55. The fraction of sp³-hybridized carbons (Fsp3) is 0.455. The molecule has 0 amide bonds. The first-order chi connectivity index (χ1) is 7.05. The van der Waals surface area contributed by atoms with Gasteiger partial charge in [-0.3, -0.25) is 0 Å². The fourth-order valence-corrected chi connectivity index (χ4v) is 1.47. The molecule has 2 N–H and O–H groups in total. The fourth-order valence-electron chi connectivity index (χ4n) is 1.47. The summed E-state index contributed by atoms with van der Waals surface area (Å²) >= 11 is 0. The SMILES string of the molecule is NCCCCc1ccccc1C(F)(F)F. The molecule has 0 spiro atoms. The molecule has 4 heteroatoms. The largest absolute Gasteiger partial charge is 0.416 e. The molecule has 0 radical (unpaired) electrons. The molecule has 0 aromatic heterocycles. The predicted octanol–water partition coefficient (Wildman–Crippen LogP) is 2.99. The number of hydrogen-bond donors (Lipinski definition) is 1. The van der Waals surface area contributed by atoms with Crippen LogP contribution in [0.15, 0.2) is 24.3 Å². The second kappa shape index (κ2) is 5.16. The molecule has 0 unspecified atom stereocenters. The minimum atomic E-state index is -4.25. The van der Waals surface area contributed by atoms with Gasteiger partial charge in [0.2, 0.25) is 0 Å². The zero-order valence-electron chi connectivity index (χ0n) is 8.35. The van der Waals surface area contributed by atoms with Crippen LogP contribution in [0.3, 0.4) is 0 Å². The van der Waals surface area contributed by atoms with Gasteiger partial charge in [0.15, 0.2) is 0 Å². The van der Waals surface area contributed by atoms with Crippen molar-refractivity contribution in [1.29, 1.82) is 0 Å². The summed E-state index contributed by atoms with van der Waals surface area (Å²) in [5.74, 6) is 0. The molecule has 1 aromatic carbocycles. The van der Waals surface area contributed by atoms with Gasteiger partial charge in [-0.2, -0.15) is 13.2 Å². The molecule has 1 aromatic rings. The summed E-state index contributed by atoms with van der Waals surface area (Å²) in [5.41, 5.74) is 5.13. The highest BCUT2D eigenvalue weighted by Crippen LogP contribution is 2.32. The summed E-state index contributed by atoms with van der Waals surface area (Å²) in [6, 6.07) is 5.69. The van der Waals surface area contributed by atoms with Crippen molar-refractivity contribution in [3.8, 4) is 0 Å². The van der Waals surface area contributed by atoms with Crippen molar-refractivity contribution in [2.75, 3.05) is 6.54 Å². The lowest BCUT2D eigenvalue weighted by Gasteiger charge is -2.12. The van der Waals surface area contributed by atoms with Crippen LogP contribution in [-0.4, -0.2) is 6.54 Å². The van der Waals surface area contributed by atoms with Gasteiger partial charge in [-0.05, 0) is 37.4 Å². The summed E-state index contributed by atoms with van der Waals surface area (Å²) in [4.78, 5) is 0. The molecule has 1 nitrogen and oxygen atoms in total. The monoisotopic (exact) mass is 217 g/mol. The Labute approximate surface area is 87.1 Å².